The van der Waals surface area contributed by atoms with E-state index in [2.05, 4.69) is 48.3 Å². The molecule has 1 atom stereocenters. The van der Waals surface area contributed by atoms with Crippen molar-refractivity contribution < 1.29 is 13.9 Å². The molecule has 3 aromatic rings. The van der Waals surface area contributed by atoms with Crippen molar-refractivity contribution in [2.45, 2.75) is 70.9 Å². The predicted molar refractivity (Wildman–Crippen MR) is 144 cm³/mol. The molecule has 0 saturated carbocycles. The first-order chi connectivity index (χ1) is 17.2. The lowest BCUT2D eigenvalue weighted by Crippen LogP contribution is -2.13. The predicted octanol–water partition coefficient (Wildman–Crippen LogP) is 8.46. The lowest BCUT2D eigenvalue weighted by molar-refractivity contribution is 0.167. The van der Waals surface area contributed by atoms with Gasteiger partial charge in [0.2, 0.25) is 0 Å². The average Bonchev–Trinajstić information content (AvgIpc) is 2.91. The Labute approximate surface area is 210 Å². The number of nitrogens with zero attached hydrogens (tertiary/aromatic N) is 1. The Morgan fingerprint density at radius 2 is 1.49 bits per heavy atom. The SMILES string of the molecule is CCCCCCCc1ccc(-c2ccc(-c3ccc(OCC(F)CCCCOC)cc3)cn2)cc1. The van der Waals surface area contributed by atoms with E-state index in [9.17, 15) is 4.39 Å². The first-order valence-electron chi connectivity index (χ1n) is 13.1. The van der Waals surface area contributed by atoms with Crippen LogP contribution in [0, 0.1) is 0 Å². The number of hydrogen-bond donors (Lipinski definition) is 0. The third-order valence-corrected chi connectivity index (χ3v) is 6.32. The molecule has 4 heteroatoms. The molecule has 0 fully saturated rings. The highest BCUT2D eigenvalue weighted by Gasteiger charge is 2.08. The molecule has 0 saturated heterocycles. The molecule has 0 bridgehead atoms. The number of hydrogen-bond acceptors (Lipinski definition) is 3. The van der Waals surface area contributed by atoms with Gasteiger partial charge in [0.25, 0.3) is 0 Å². The van der Waals surface area contributed by atoms with Crippen molar-refractivity contribution in [3.63, 3.8) is 0 Å². The van der Waals surface area contributed by atoms with Crippen LogP contribution in [0.15, 0.2) is 66.9 Å². The molecule has 1 aromatic heterocycles. The Morgan fingerprint density at radius 1 is 0.771 bits per heavy atom. The van der Waals surface area contributed by atoms with E-state index in [-0.39, 0.29) is 6.61 Å². The maximum atomic E-state index is 14.0. The van der Waals surface area contributed by atoms with Gasteiger partial charge in [-0.2, -0.15) is 0 Å². The van der Waals surface area contributed by atoms with Gasteiger partial charge in [0.1, 0.15) is 18.5 Å². The Bertz CT molecular complexity index is 955. The number of alkyl halides is 1. The van der Waals surface area contributed by atoms with Crippen molar-refractivity contribution in [2.24, 2.45) is 0 Å². The van der Waals surface area contributed by atoms with Gasteiger partial charge >= 0.3 is 0 Å². The second kappa shape index (κ2) is 15.3. The molecule has 2 aromatic carbocycles. The van der Waals surface area contributed by atoms with Crippen LogP contribution in [0.1, 0.15) is 63.9 Å². The molecule has 0 aliphatic carbocycles. The van der Waals surface area contributed by atoms with Crippen molar-refractivity contribution in [3.8, 4) is 28.1 Å². The van der Waals surface area contributed by atoms with E-state index in [1.165, 1.54) is 37.7 Å². The molecule has 0 N–H and O–H groups in total. The second-order valence-corrected chi connectivity index (χ2v) is 9.21. The minimum atomic E-state index is -0.955. The lowest BCUT2D eigenvalue weighted by Gasteiger charge is -2.11. The van der Waals surface area contributed by atoms with Crippen LogP contribution >= 0.6 is 0 Å². The van der Waals surface area contributed by atoms with E-state index in [0.717, 1.165) is 41.6 Å². The molecule has 35 heavy (non-hydrogen) atoms. The van der Waals surface area contributed by atoms with E-state index in [1.54, 1.807) is 7.11 Å². The lowest BCUT2D eigenvalue weighted by atomic mass is 10.0. The summed E-state index contributed by atoms with van der Waals surface area (Å²) in [4.78, 5) is 4.68. The fraction of sp³-hybridized carbons (Fsp3) is 0.452. The molecule has 3 rings (SSSR count). The standard InChI is InChI=1S/C31H40FNO2/c1-3-4-5-6-7-10-25-12-14-27(15-13-25)31-21-18-28(23-33-31)26-16-19-30(20-17-26)35-24-29(32)11-8-9-22-34-2/h12-21,23,29H,3-11,22,24H2,1-2H3. The first-order valence-corrected chi connectivity index (χ1v) is 13.1. The van der Waals surface area contributed by atoms with Crippen LogP contribution in [0.3, 0.4) is 0 Å². The first kappa shape index (κ1) is 26.9. The van der Waals surface area contributed by atoms with Crippen LogP contribution in [0.2, 0.25) is 0 Å². The molecule has 0 aliphatic heterocycles. The van der Waals surface area contributed by atoms with Crippen LogP contribution in [0.25, 0.3) is 22.4 Å². The van der Waals surface area contributed by atoms with Crippen molar-refractivity contribution in [1.82, 2.24) is 4.98 Å². The number of aryl methyl sites for hydroxylation is 1. The van der Waals surface area contributed by atoms with Crippen molar-refractivity contribution in [2.75, 3.05) is 20.3 Å². The number of aromatic nitrogens is 1. The Balaban J connectivity index is 1.47. The Morgan fingerprint density at radius 3 is 2.17 bits per heavy atom. The summed E-state index contributed by atoms with van der Waals surface area (Å²) >= 11 is 0. The molecule has 188 valence electrons. The molecule has 0 radical (unpaired) electrons. The minimum Gasteiger partial charge on any atom is -0.491 e. The Hall–Kier alpha value is -2.72. The van der Waals surface area contributed by atoms with Crippen molar-refractivity contribution in [3.05, 3.63) is 72.4 Å². The summed E-state index contributed by atoms with van der Waals surface area (Å²) in [5, 5.41) is 0. The van der Waals surface area contributed by atoms with Gasteiger partial charge in [-0.15, -0.1) is 0 Å². The molecular weight excluding hydrogens is 437 g/mol. The summed E-state index contributed by atoms with van der Waals surface area (Å²) in [6, 6.07) is 20.7. The third-order valence-electron chi connectivity index (χ3n) is 6.32. The van der Waals surface area contributed by atoms with Gasteiger partial charge in [0, 0.05) is 31.0 Å². The third kappa shape index (κ3) is 9.45. The maximum absolute atomic E-state index is 14.0. The summed E-state index contributed by atoms with van der Waals surface area (Å²) in [5.41, 5.74) is 5.62. The summed E-state index contributed by atoms with van der Waals surface area (Å²) in [7, 11) is 1.67. The molecule has 1 unspecified atom stereocenters. The van der Waals surface area contributed by atoms with Crippen LogP contribution < -0.4 is 4.74 Å². The van der Waals surface area contributed by atoms with E-state index < -0.39 is 6.17 Å². The number of methoxy groups -OCH3 is 1. The van der Waals surface area contributed by atoms with Crippen molar-refractivity contribution in [1.29, 1.82) is 0 Å². The van der Waals surface area contributed by atoms with E-state index >= 15 is 0 Å². The maximum Gasteiger partial charge on any atom is 0.134 e. The summed E-state index contributed by atoms with van der Waals surface area (Å²) < 4.78 is 24.6. The molecule has 0 aliphatic rings. The van der Waals surface area contributed by atoms with Gasteiger partial charge in [0.05, 0.1) is 5.69 Å². The van der Waals surface area contributed by atoms with Gasteiger partial charge in [-0.3, -0.25) is 4.98 Å². The van der Waals surface area contributed by atoms with Crippen molar-refractivity contribution >= 4 is 0 Å². The largest absolute Gasteiger partial charge is 0.491 e. The van der Waals surface area contributed by atoms with Gasteiger partial charge in [-0.1, -0.05) is 75.1 Å². The normalized spacial score (nSPS) is 12.0. The van der Waals surface area contributed by atoms with Gasteiger partial charge < -0.3 is 9.47 Å². The van der Waals surface area contributed by atoms with Crippen LogP contribution in [0.5, 0.6) is 5.75 Å². The number of halogens is 1. The summed E-state index contributed by atoms with van der Waals surface area (Å²) in [5.74, 6) is 0.684. The summed E-state index contributed by atoms with van der Waals surface area (Å²) in [6.07, 6.45) is 10.8. The topological polar surface area (TPSA) is 31.4 Å². The fourth-order valence-electron chi connectivity index (χ4n) is 4.14. The number of rotatable bonds is 16. The second-order valence-electron chi connectivity index (χ2n) is 9.21. The highest BCUT2D eigenvalue weighted by atomic mass is 19.1. The molecule has 0 spiro atoms. The van der Waals surface area contributed by atoms with E-state index in [0.29, 0.717) is 18.8 Å². The van der Waals surface area contributed by atoms with E-state index in [1.807, 2.05) is 30.5 Å². The number of pyridine rings is 1. The van der Waals surface area contributed by atoms with E-state index in [4.69, 9.17) is 9.47 Å². The smallest absolute Gasteiger partial charge is 0.134 e. The highest BCUT2D eigenvalue weighted by Crippen LogP contribution is 2.25. The number of benzene rings is 2. The van der Waals surface area contributed by atoms with Gasteiger partial charge in [-0.25, -0.2) is 4.39 Å². The zero-order chi connectivity index (χ0) is 24.7. The van der Waals surface area contributed by atoms with Crippen LogP contribution in [0.4, 0.5) is 4.39 Å². The zero-order valence-corrected chi connectivity index (χ0v) is 21.3. The molecule has 1 heterocycles. The zero-order valence-electron chi connectivity index (χ0n) is 21.3. The number of unbranched alkanes of at least 4 members (excludes halogenated alkanes) is 5. The van der Waals surface area contributed by atoms with Crippen LogP contribution in [-0.2, 0) is 11.2 Å². The van der Waals surface area contributed by atoms with Gasteiger partial charge in [0.15, 0.2) is 0 Å². The highest BCUT2D eigenvalue weighted by molar-refractivity contribution is 5.67. The molecule has 3 nitrogen and oxygen atoms in total. The minimum absolute atomic E-state index is 0.0836. The molecular formula is C31H40FNO2. The monoisotopic (exact) mass is 477 g/mol. The molecule has 0 amide bonds. The Kier molecular flexibility index (Phi) is 11.8. The average molecular weight is 478 g/mol. The van der Waals surface area contributed by atoms with Gasteiger partial charge in [-0.05, 0) is 61.4 Å². The number of ether oxygens (including phenoxy) is 2. The van der Waals surface area contributed by atoms with Crippen LogP contribution in [-0.4, -0.2) is 31.5 Å². The quantitative estimate of drug-likeness (QED) is 0.194. The summed E-state index contributed by atoms with van der Waals surface area (Å²) in [6.45, 7) is 3.01. The fourth-order valence-corrected chi connectivity index (χ4v) is 4.14.